The second-order valence-corrected chi connectivity index (χ2v) is 6.15. The molecule has 0 bridgehead atoms. The van der Waals surface area contributed by atoms with Crippen molar-refractivity contribution in [3.8, 4) is 0 Å². The number of halogens is 3. The lowest BCUT2D eigenvalue weighted by atomic mass is 10.2. The molecule has 0 aliphatic carbocycles. The molecule has 1 N–H and O–H groups in total. The Kier molecular flexibility index (Phi) is 4.04. The normalized spacial score (nSPS) is 11.0. The molecule has 2 aromatic carbocycles. The fourth-order valence-electron chi connectivity index (χ4n) is 2.40. The molecule has 6 heteroatoms. The number of aromatic carboxylic acids is 1. The van der Waals surface area contributed by atoms with Crippen LogP contribution in [0.25, 0.3) is 10.9 Å². The van der Waals surface area contributed by atoms with Crippen molar-refractivity contribution < 1.29 is 9.90 Å². The van der Waals surface area contributed by atoms with Crippen LogP contribution in [-0.2, 0) is 6.54 Å². The molecular weight excluding hydrogens is 345 g/mol. The van der Waals surface area contributed by atoms with Gasteiger partial charge in [0.2, 0.25) is 0 Å². The van der Waals surface area contributed by atoms with Gasteiger partial charge in [0.1, 0.15) is 0 Å². The van der Waals surface area contributed by atoms with Crippen molar-refractivity contribution in [1.29, 1.82) is 0 Å². The maximum Gasteiger partial charge on any atom is 0.337 e. The summed E-state index contributed by atoms with van der Waals surface area (Å²) in [7, 11) is 0. The summed E-state index contributed by atoms with van der Waals surface area (Å²) in [5.74, 6) is -0.978. The summed E-state index contributed by atoms with van der Waals surface area (Å²) in [5, 5.41) is 11.6. The van der Waals surface area contributed by atoms with Gasteiger partial charge in [0, 0.05) is 33.2 Å². The molecule has 112 valence electrons. The van der Waals surface area contributed by atoms with Gasteiger partial charge in [-0.2, -0.15) is 0 Å². The van der Waals surface area contributed by atoms with Crippen LogP contribution in [0.15, 0.2) is 42.6 Å². The van der Waals surface area contributed by atoms with Gasteiger partial charge in [-0.15, -0.1) is 0 Å². The largest absolute Gasteiger partial charge is 0.478 e. The monoisotopic (exact) mass is 353 g/mol. The number of carboxylic acids is 1. The lowest BCUT2D eigenvalue weighted by Gasteiger charge is -2.08. The molecule has 0 saturated heterocycles. The second kappa shape index (κ2) is 5.84. The molecule has 0 aliphatic heterocycles. The van der Waals surface area contributed by atoms with Crippen LogP contribution in [0.5, 0.6) is 0 Å². The zero-order valence-corrected chi connectivity index (χ0v) is 13.5. The maximum atomic E-state index is 11.4. The predicted molar refractivity (Wildman–Crippen MR) is 89.5 cm³/mol. The van der Waals surface area contributed by atoms with Crippen molar-refractivity contribution in [2.45, 2.75) is 6.54 Å². The van der Waals surface area contributed by atoms with Gasteiger partial charge in [-0.1, -0.05) is 46.9 Å². The van der Waals surface area contributed by atoms with E-state index in [1.54, 1.807) is 36.5 Å². The fourth-order valence-corrected chi connectivity index (χ4v) is 3.03. The van der Waals surface area contributed by atoms with Gasteiger partial charge in [0.05, 0.1) is 11.1 Å². The molecule has 0 amide bonds. The first-order valence-electron chi connectivity index (χ1n) is 6.41. The van der Waals surface area contributed by atoms with Crippen molar-refractivity contribution in [3.05, 3.63) is 68.8 Å². The first-order valence-corrected chi connectivity index (χ1v) is 7.54. The maximum absolute atomic E-state index is 11.4. The van der Waals surface area contributed by atoms with E-state index < -0.39 is 5.97 Å². The van der Waals surface area contributed by atoms with Crippen LogP contribution >= 0.6 is 34.8 Å². The topological polar surface area (TPSA) is 42.2 Å². The molecule has 0 unspecified atom stereocenters. The van der Waals surface area contributed by atoms with Gasteiger partial charge < -0.3 is 9.67 Å². The minimum Gasteiger partial charge on any atom is -0.478 e. The summed E-state index contributed by atoms with van der Waals surface area (Å²) in [4.78, 5) is 11.4. The molecule has 22 heavy (non-hydrogen) atoms. The van der Waals surface area contributed by atoms with Crippen LogP contribution in [0, 0.1) is 0 Å². The Morgan fingerprint density at radius 2 is 1.73 bits per heavy atom. The molecule has 3 aromatic rings. The van der Waals surface area contributed by atoms with Gasteiger partial charge in [-0.25, -0.2) is 4.79 Å². The molecule has 0 atom stereocenters. The lowest BCUT2D eigenvalue weighted by Crippen LogP contribution is -1.99. The molecule has 3 nitrogen and oxygen atoms in total. The van der Waals surface area contributed by atoms with E-state index in [1.165, 1.54) is 0 Å². The second-order valence-electron chi connectivity index (χ2n) is 4.87. The molecule has 0 aliphatic rings. The first-order chi connectivity index (χ1) is 10.5. The smallest absolute Gasteiger partial charge is 0.337 e. The van der Waals surface area contributed by atoms with Crippen LogP contribution < -0.4 is 0 Å². The van der Waals surface area contributed by atoms with E-state index in [4.69, 9.17) is 34.8 Å². The highest BCUT2D eigenvalue weighted by Crippen LogP contribution is 2.28. The molecule has 1 aromatic heterocycles. The molecule has 1 heterocycles. The van der Waals surface area contributed by atoms with Crippen molar-refractivity contribution in [2.24, 2.45) is 0 Å². The number of hydrogen-bond donors (Lipinski definition) is 1. The Bertz CT molecular complexity index is 886. The van der Waals surface area contributed by atoms with E-state index in [-0.39, 0.29) is 5.56 Å². The Morgan fingerprint density at radius 1 is 1.05 bits per heavy atom. The number of aromatic nitrogens is 1. The molecule has 0 radical (unpaired) electrons. The molecule has 0 saturated carbocycles. The summed E-state index contributed by atoms with van der Waals surface area (Å²) in [6.45, 7) is 0.431. The quantitative estimate of drug-likeness (QED) is 0.689. The first kappa shape index (κ1) is 15.2. The van der Waals surface area contributed by atoms with E-state index in [1.807, 2.05) is 10.6 Å². The minimum atomic E-state index is -0.978. The average molecular weight is 355 g/mol. The van der Waals surface area contributed by atoms with Crippen LogP contribution in [0.4, 0.5) is 0 Å². The lowest BCUT2D eigenvalue weighted by molar-refractivity contribution is 0.0699. The number of benzene rings is 2. The Morgan fingerprint density at radius 3 is 2.41 bits per heavy atom. The Labute approximate surface area is 141 Å². The highest BCUT2D eigenvalue weighted by atomic mass is 35.5. The third-order valence-corrected chi connectivity index (χ3v) is 4.25. The highest BCUT2D eigenvalue weighted by Gasteiger charge is 2.15. The summed E-state index contributed by atoms with van der Waals surface area (Å²) >= 11 is 18.1. The number of hydrogen-bond acceptors (Lipinski definition) is 1. The summed E-state index contributed by atoms with van der Waals surface area (Å²) in [6, 6.07) is 10.4. The standard InChI is InChI=1S/C16H10Cl3NO2/c17-10-2-1-9(14(19)5-10)7-20-8-13(16(21)22)12-4-3-11(18)6-15(12)20/h1-6,8H,7H2,(H,21,22). The zero-order chi connectivity index (χ0) is 15.9. The summed E-state index contributed by atoms with van der Waals surface area (Å²) in [5.41, 5.74) is 1.83. The van der Waals surface area contributed by atoms with Gasteiger partial charge in [0.15, 0.2) is 0 Å². The molecular formula is C16H10Cl3NO2. The van der Waals surface area contributed by atoms with Crippen molar-refractivity contribution in [2.75, 3.05) is 0 Å². The van der Waals surface area contributed by atoms with Gasteiger partial charge >= 0.3 is 5.97 Å². The molecule has 0 fully saturated rings. The van der Waals surface area contributed by atoms with Crippen LogP contribution in [0.3, 0.4) is 0 Å². The Hall–Kier alpha value is -1.68. The van der Waals surface area contributed by atoms with Crippen molar-refractivity contribution in [1.82, 2.24) is 4.57 Å². The van der Waals surface area contributed by atoms with Crippen LogP contribution in [0.1, 0.15) is 15.9 Å². The Balaban J connectivity index is 2.14. The van der Waals surface area contributed by atoms with Gasteiger partial charge in [0.25, 0.3) is 0 Å². The van der Waals surface area contributed by atoms with Crippen molar-refractivity contribution >= 4 is 51.7 Å². The number of nitrogens with zero attached hydrogens (tertiary/aromatic N) is 1. The van der Waals surface area contributed by atoms with E-state index in [9.17, 15) is 9.90 Å². The average Bonchev–Trinajstić information content (AvgIpc) is 2.80. The van der Waals surface area contributed by atoms with E-state index >= 15 is 0 Å². The number of carboxylic acid groups (broad SMARTS) is 1. The SMILES string of the molecule is O=C(O)c1cn(Cc2ccc(Cl)cc2Cl)c2cc(Cl)ccc12. The van der Waals surface area contributed by atoms with Gasteiger partial charge in [-0.3, -0.25) is 0 Å². The van der Waals surface area contributed by atoms with E-state index in [2.05, 4.69) is 0 Å². The van der Waals surface area contributed by atoms with Gasteiger partial charge in [-0.05, 0) is 29.8 Å². The van der Waals surface area contributed by atoms with Crippen LogP contribution in [0.2, 0.25) is 15.1 Å². The summed E-state index contributed by atoms with van der Waals surface area (Å²) in [6.07, 6.45) is 1.59. The number of fused-ring (bicyclic) bond motifs is 1. The highest BCUT2D eigenvalue weighted by molar-refractivity contribution is 6.35. The zero-order valence-electron chi connectivity index (χ0n) is 11.2. The van der Waals surface area contributed by atoms with E-state index in [0.717, 1.165) is 11.1 Å². The fraction of sp³-hybridized carbons (Fsp3) is 0.0625. The predicted octanol–water partition coefficient (Wildman–Crippen LogP) is 5.35. The number of rotatable bonds is 3. The molecule has 3 rings (SSSR count). The molecule has 0 spiro atoms. The third-order valence-electron chi connectivity index (χ3n) is 3.43. The number of carbonyl (C=O) groups is 1. The van der Waals surface area contributed by atoms with Crippen molar-refractivity contribution in [3.63, 3.8) is 0 Å². The van der Waals surface area contributed by atoms with Crippen LogP contribution in [-0.4, -0.2) is 15.6 Å². The summed E-state index contributed by atoms with van der Waals surface area (Å²) < 4.78 is 1.82. The third kappa shape index (κ3) is 2.80. The van der Waals surface area contributed by atoms with E-state index in [0.29, 0.717) is 27.0 Å². The minimum absolute atomic E-state index is 0.233.